The fourth-order valence-corrected chi connectivity index (χ4v) is 5.87. The lowest BCUT2D eigenvalue weighted by atomic mass is 9.95. The fourth-order valence-electron chi connectivity index (χ4n) is 4.25. The van der Waals surface area contributed by atoms with Crippen molar-refractivity contribution < 1.29 is 38.9 Å². The van der Waals surface area contributed by atoms with Crippen LogP contribution in [0.3, 0.4) is 0 Å². The van der Waals surface area contributed by atoms with Crippen LogP contribution >= 0.6 is 11.8 Å². The number of amides is 2. The highest BCUT2D eigenvalue weighted by Crippen LogP contribution is 2.50. The molecule has 2 saturated heterocycles. The largest absolute Gasteiger partial charge is 0.508 e. The topological polar surface area (TPSA) is 168 Å². The zero-order valence-electron chi connectivity index (χ0n) is 22.1. The van der Waals surface area contributed by atoms with E-state index in [1.165, 1.54) is 48.0 Å². The van der Waals surface area contributed by atoms with Gasteiger partial charge in [-0.05, 0) is 62.2 Å². The second kappa shape index (κ2) is 12.4. The van der Waals surface area contributed by atoms with Gasteiger partial charge in [-0.3, -0.25) is 9.59 Å². The number of aromatic hydroxyl groups is 1. The molecule has 12 heteroatoms. The number of phenols is 1. The Morgan fingerprint density at radius 1 is 1.13 bits per heavy atom. The monoisotopic (exact) mass is 559 g/mol. The summed E-state index contributed by atoms with van der Waals surface area (Å²) in [5.41, 5.74) is 6.95. The minimum absolute atomic E-state index is 0.0606. The number of ether oxygens (including phenoxy) is 2. The minimum Gasteiger partial charge on any atom is -0.508 e. The first-order valence-corrected chi connectivity index (χ1v) is 13.2. The quantitative estimate of drug-likeness (QED) is 0.278. The van der Waals surface area contributed by atoms with Crippen LogP contribution in [0.2, 0.25) is 0 Å². The second-order valence-corrected chi connectivity index (χ2v) is 11.3. The van der Waals surface area contributed by atoms with Gasteiger partial charge in [0.15, 0.2) is 0 Å². The van der Waals surface area contributed by atoms with Crippen LogP contribution in [-0.2, 0) is 19.1 Å². The molecule has 2 aromatic rings. The standard InChI is InChI=1S/C16H19N3O5S.C11H14O3/c1-16(2)11(15(23)24)19-13(22)10(14(19)25-16)18-12(21)9(17)7-3-5-8(20)6-4-7;1-3-8-14-10-6-4-9(5-7-10)11(12)13-2/h3-6,9-11,14,20H,17H2,1-2H3,(H,18,21)(H,23,24);4-7H,3,8H2,1-2H3/t9?,10-,11+,14-;/m1./s1. The second-order valence-electron chi connectivity index (χ2n) is 9.52. The number of carbonyl (C=O) groups excluding carboxylic acids is 3. The van der Waals surface area contributed by atoms with Crippen LogP contribution in [0.4, 0.5) is 0 Å². The molecule has 2 aliphatic heterocycles. The van der Waals surface area contributed by atoms with Crippen LogP contribution in [0, 0.1) is 0 Å². The number of carboxylic acids is 1. The molecule has 4 atom stereocenters. The number of benzene rings is 2. The normalized spacial score (nSPS) is 21.4. The van der Waals surface area contributed by atoms with Crippen molar-refractivity contribution in [2.24, 2.45) is 5.73 Å². The number of nitrogens with zero attached hydrogens (tertiary/aromatic N) is 1. The van der Waals surface area contributed by atoms with E-state index in [0.717, 1.165) is 12.2 Å². The van der Waals surface area contributed by atoms with Crippen LogP contribution < -0.4 is 15.8 Å². The number of β-lactam (4-membered cyclic amide) rings is 1. The molecule has 210 valence electrons. The van der Waals surface area contributed by atoms with Crippen LogP contribution in [0.1, 0.15) is 49.2 Å². The van der Waals surface area contributed by atoms with E-state index in [4.69, 9.17) is 10.5 Å². The van der Waals surface area contributed by atoms with Crippen molar-refractivity contribution in [2.45, 2.75) is 55.4 Å². The number of rotatable bonds is 8. The van der Waals surface area contributed by atoms with Crippen LogP contribution in [0.25, 0.3) is 0 Å². The van der Waals surface area contributed by atoms with Gasteiger partial charge in [0, 0.05) is 4.75 Å². The van der Waals surface area contributed by atoms with Gasteiger partial charge < -0.3 is 35.6 Å². The van der Waals surface area contributed by atoms with Crippen LogP contribution in [0.15, 0.2) is 48.5 Å². The summed E-state index contributed by atoms with van der Waals surface area (Å²) >= 11 is 1.35. The number of nitrogens with two attached hydrogens (primary N) is 1. The summed E-state index contributed by atoms with van der Waals surface area (Å²) in [7, 11) is 1.36. The summed E-state index contributed by atoms with van der Waals surface area (Å²) in [5, 5.41) is 20.9. The molecule has 0 aliphatic carbocycles. The van der Waals surface area contributed by atoms with E-state index in [2.05, 4.69) is 10.1 Å². The minimum atomic E-state index is -1.06. The predicted molar refractivity (Wildman–Crippen MR) is 144 cm³/mol. The highest BCUT2D eigenvalue weighted by Gasteiger charge is 2.64. The summed E-state index contributed by atoms with van der Waals surface area (Å²) in [6.45, 7) is 6.27. The third-order valence-corrected chi connectivity index (χ3v) is 7.83. The Labute approximate surface area is 230 Å². The maximum Gasteiger partial charge on any atom is 0.337 e. The van der Waals surface area contributed by atoms with Crippen molar-refractivity contribution in [2.75, 3.05) is 13.7 Å². The Balaban J connectivity index is 0.000000255. The predicted octanol–water partition coefficient (Wildman–Crippen LogP) is 2.29. The van der Waals surface area contributed by atoms with Gasteiger partial charge in [0.25, 0.3) is 0 Å². The average Bonchev–Trinajstić information content (AvgIpc) is 3.18. The summed E-state index contributed by atoms with van der Waals surface area (Å²) < 4.78 is 9.30. The van der Waals surface area contributed by atoms with Crippen molar-refractivity contribution in [3.63, 3.8) is 0 Å². The number of fused-ring (bicyclic) bond motifs is 1. The first-order valence-electron chi connectivity index (χ1n) is 12.3. The molecule has 0 radical (unpaired) electrons. The first kappa shape index (κ1) is 29.8. The maximum atomic E-state index is 12.3. The number of nitrogens with one attached hydrogen (secondary N) is 1. The Morgan fingerprint density at radius 3 is 2.28 bits per heavy atom. The third kappa shape index (κ3) is 6.63. The Bertz CT molecular complexity index is 1200. The SMILES string of the molecule is CC1(C)S[C@@H]2[C@H](NC(=O)C(N)c3ccc(O)cc3)C(=O)N2[C@H]1C(=O)O.CCCOc1ccc(C(=O)OC)cc1. The van der Waals surface area contributed by atoms with Gasteiger partial charge in [-0.15, -0.1) is 11.8 Å². The van der Waals surface area contributed by atoms with Gasteiger partial charge in [0.05, 0.1) is 19.3 Å². The first-order chi connectivity index (χ1) is 18.4. The average molecular weight is 560 g/mol. The van der Waals surface area contributed by atoms with Crippen molar-refractivity contribution in [3.8, 4) is 11.5 Å². The maximum absolute atomic E-state index is 12.3. The van der Waals surface area contributed by atoms with Crippen molar-refractivity contribution in [1.29, 1.82) is 0 Å². The molecule has 0 saturated carbocycles. The Hall–Kier alpha value is -3.77. The van der Waals surface area contributed by atoms with E-state index in [1.54, 1.807) is 38.1 Å². The van der Waals surface area contributed by atoms with E-state index in [-0.39, 0.29) is 11.7 Å². The molecule has 0 spiro atoms. The molecular weight excluding hydrogens is 526 g/mol. The summed E-state index contributed by atoms with van der Waals surface area (Å²) in [6, 6.07) is 10.1. The van der Waals surface area contributed by atoms with E-state index in [0.29, 0.717) is 17.7 Å². The molecule has 5 N–H and O–H groups in total. The molecule has 39 heavy (non-hydrogen) atoms. The lowest BCUT2D eigenvalue weighted by Gasteiger charge is -2.43. The Morgan fingerprint density at radius 2 is 1.74 bits per heavy atom. The highest BCUT2D eigenvalue weighted by molar-refractivity contribution is 8.01. The molecule has 0 aromatic heterocycles. The molecule has 0 bridgehead atoms. The number of hydrogen-bond donors (Lipinski definition) is 4. The number of hydrogen-bond acceptors (Lipinski definition) is 9. The number of carboxylic acid groups (broad SMARTS) is 1. The third-order valence-electron chi connectivity index (χ3n) is 6.26. The number of phenolic OH excluding ortho intramolecular Hbond substituents is 1. The van der Waals surface area contributed by atoms with Gasteiger partial charge >= 0.3 is 11.9 Å². The molecule has 2 fully saturated rings. The molecule has 2 aromatic carbocycles. The van der Waals surface area contributed by atoms with E-state index < -0.39 is 46.0 Å². The lowest BCUT2D eigenvalue weighted by molar-refractivity contribution is -0.161. The van der Waals surface area contributed by atoms with E-state index in [1.807, 2.05) is 6.92 Å². The smallest absolute Gasteiger partial charge is 0.337 e. The highest BCUT2D eigenvalue weighted by atomic mass is 32.2. The molecular formula is C27H33N3O8S. The zero-order chi connectivity index (χ0) is 28.9. The van der Waals surface area contributed by atoms with E-state index >= 15 is 0 Å². The summed E-state index contributed by atoms with van der Waals surface area (Å²) in [5.74, 6) is -1.49. The van der Waals surface area contributed by atoms with Gasteiger partial charge in [-0.1, -0.05) is 19.1 Å². The van der Waals surface area contributed by atoms with Crippen LogP contribution in [-0.4, -0.2) is 74.8 Å². The number of esters is 1. The van der Waals surface area contributed by atoms with Crippen molar-refractivity contribution >= 4 is 35.5 Å². The van der Waals surface area contributed by atoms with Crippen molar-refractivity contribution in [3.05, 3.63) is 59.7 Å². The van der Waals surface area contributed by atoms with Gasteiger partial charge in [-0.2, -0.15) is 0 Å². The summed E-state index contributed by atoms with van der Waals surface area (Å²) in [4.78, 5) is 48.5. The number of methoxy groups -OCH3 is 1. The molecule has 2 amide bonds. The molecule has 2 heterocycles. The molecule has 2 aliphatic rings. The molecule has 4 rings (SSSR count). The van der Waals surface area contributed by atoms with Gasteiger partial charge in [-0.25, -0.2) is 9.59 Å². The molecule has 11 nitrogen and oxygen atoms in total. The summed E-state index contributed by atoms with van der Waals surface area (Å²) in [6.07, 6.45) is 0.971. The van der Waals surface area contributed by atoms with E-state index in [9.17, 15) is 29.4 Å². The number of thioether (sulfide) groups is 1. The van der Waals surface area contributed by atoms with Crippen LogP contribution in [0.5, 0.6) is 11.5 Å². The Kier molecular flexibility index (Phi) is 9.46. The number of carbonyl (C=O) groups is 4. The van der Waals surface area contributed by atoms with Gasteiger partial charge in [0.2, 0.25) is 11.8 Å². The zero-order valence-corrected chi connectivity index (χ0v) is 22.9. The lowest BCUT2D eigenvalue weighted by Crippen LogP contribution is -2.71. The fraction of sp³-hybridized carbons (Fsp3) is 0.407. The van der Waals surface area contributed by atoms with Gasteiger partial charge in [0.1, 0.15) is 35.0 Å². The molecule has 1 unspecified atom stereocenters. The number of aliphatic carboxylic acids is 1. The van der Waals surface area contributed by atoms with Crippen molar-refractivity contribution in [1.82, 2.24) is 10.2 Å².